The standard InChI is InChI=1S/C13H18O3/c1-4-5-6-11(14)10-7-12(15)9(2)13(8-10)16-3/h7-8,15H,4-6H2,1-3H3. The van der Waals surface area contributed by atoms with Crippen LogP contribution in [0.25, 0.3) is 0 Å². The number of phenols is 1. The number of carbonyl (C=O) groups is 1. The van der Waals surface area contributed by atoms with Gasteiger partial charge in [-0.1, -0.05) is 13.3 Å². The summed E-state index contributed by atoms with van der Waals surface area (Å²) in [6.07, 6.45) is 2.37. The second-order valence-electron chi connectivity index (χ2n) is 3.85. The first kappa shape index (κ1) is 12.6. The Balaban J connectivity index is 2.97. The van der Waals surface area contributed by atoms with Crippen LogP contribution in [0.2, 0.25) is 0 Å². The van der Waals surface area contributed by atoms with Gasteiger partial charge in [-0.3, -0.25) is 4.79 Å². The summed E-state index contributed by atoms with van der Waals surface area (Å²) >= 11 is 0. The molecule has 16 heavy (non-hydrogen) atoms. The predicted octanol–water partition coefficient (Wildman–Crippen LogP) is 3.08. The molecule has 0 amide bonds. The number of unbranched alkanes of at least 4 members (excludes halogenated alkanes) is 1. The number of rotatable bonds is 5. The summed E-state index contributed by atoms with van der Waals surface area (Å²) in [6.45, 7) is 3.80. The molecule has 1 aromatic rings. The zero-order valence-corrected chi connectivity index (χ0v) is 10.0. The Morgan fingerprint density at radius 1 is 1.44 bits per heavy atom. The minimum absolute atomic E-state index is 0.0513. The van der Waals surface area contributed by atoms with Crippen molar-refractivity contribution in [2.45, 2.75) is 33.1 Å². The van der Waals surface area contributed by atoms with E-state index in [9.17, 15) is 9.90 Å². The molecule has 3 nitrogen and oxygen atoms in total. The summed E-state index contributed by atoms with van der Waals surface area (Å²) in [6, 6.07) is 3.20. The SMILES string of the molecule is CCCCC(=O)c1cc(O)c(C)c(OC)c1. The monoisotopic (exact) mass is 222 g/mol. The van der Waals surface area contributed by atoms with E-state index in [-0.39, 0.29) is 11.5 Å². The van der Waals surface area contributed by atoms with Crippen LogP contribution in [0.15, 0.2) is 12.1 Å². The highest BCUT2D eigenvalue weighted by Crippen LogP contribution is 2.29. The van der Waals surface area contributed by atoms with Crippen molar-refractivity contribution < 1.29 is 14.6 Å². The van der Waals surface area contributed by atoms with E-state index in [1.54, 1.807) is 13.0 Å². The fourth-order valence-electron chi connectivity index (χ4n) is 1.53. The van der Waals surface area contributed by atoms with Crippen LogP contribution in [0, 0.1) is 6.92 Å². The van der Waals surface area contributed by atoms with Crippen molar-refractivity contribution in [2.75, 3.05) is 7.11 Å². The normalized spacial score (nSPS) is 10.2. The van der Waals surface area contributed by atoms with Crippen LogP contribution in [0.1, 0.15) is 42.1 Å². The van der Waals surface area contributed by atoms with Gasteiger partial charge in [0.1, 0.15) is 11.5 Å². The van der Waals surface area contributed by atoms with Gasteiger partial charge in [-0.05, 0) is 25.5 Å². The summed E-state index contributed by atoms with van der Waals surface area (Å²) in [7, 11) is 1.53. The number of aromatic hydroxyl groups is 1. The lowest BCUT2D eigenvalue weighted by molar-refractivity contribution is 0.0979. The van der Waals surface area contributed by atoms with Gasteiger partial charge in [0, 0.05) is 17.5 Å². The van der Waals surface area contributed by atoms with E-state index in [4.69, 9.17) is 4.74 Å². The largest absolute Gasteiger partial charge is 0.508 e. The van der Waals surface area contributed by atoms with Gasteiger partial charge >= 0.3 is 0 Å². The number of carbonyl (C=O) groups excluding carboxylic acids is 1. The van der Waals surface area contributed by atoms with E-state index in [2.05, 4.69) is 0 Å². The molecule has 0 aromatic heterocycles. The molecule has 1 aromatic carbocycles. The van der Waals surface area contributed by atoms with E-state index in [1.165, 1.54) is 13.2 Å². The number of hydrogen-bond acceptors (Lipinski definition) is 3. The smallest absolute Gasteiger partial charge is 0.163 e. The quantitative estimate of drug-likeness (QED) is 0.779. The van der Waals surface area contributed by atoms with E-state index in [1.807, 2.05) is 6.92 Å². The Bertz CT molecular complexity index is 383. The summed E-state index contributed by atoms with van der Waals surface area (Å²) in [5.41, 5.74) is 1.18. The molecule has 0 aliphatic carbocycles. The minimum Gasteiger partial charge on any atom is -0.508 e. The average Bonchev–Trinajstić information content (AvgIpc) is 2.29. The molecule has 0 aliphatic rings. The first-order valence-electron chi connectivity index (χ1n) is 5.51. The predicted molar refractivity (Wildman–Crippen MR) is 63.3 cm³/mol. The Morgan fingerprint density at radius 3 is 2.69 bits per heavy atom. The molecule has 0 heterocycles. The molecule has 1 rings (SSSR count). The lowest BCUT2D eigenvalue weighted by Gasteiger charge is -2.09. The highest BCUT2D eigenvalue weighted by Gasteiger charge is 2.11. The van der Waals surface area contributed by atoms with Gasteiger partial charge in [0.25, 0.3) is 0 Å². The number of ether oxygens (including phenoxy) is 1. The number of benzene rings is 1. The van der Waals surface area contributed by atoms with Crippen molar-refractivity contribution in [1.82, 2.24) is 0 Å². The van der Waals surface area contributed by atoms with Crippen molar-refractivity contribution >= 4 is 5.78 Å². The topological polar surface area (TPSA) is 46.5 Å². The molecular formula is C13H18O3. The van der Waals surface area contributed by atoms with Crippen LogP contribution in [0.4, 0.5) is 0 Å². The summed E-state index contributed by atoms with van der Waals surface area (Å²) < 4.78 is 5.11. The van der Waals surface area contributed by atoms with Crippen LogP contribution < -0.4 is 4.74 Å². The number of Topliss-reactive ketones (excluding diaryl/α,β-unsaturated/α-hetero) is 1. The van der Waals surface area contributed by atoms with Gasteiger partial charge < -0.3 is 9.84 Å². The molecule has 0 atom stereocenters. The zero-order chi connectivity index (χ0) is 12.1. The summed E-state index contributed by atoms with van der Waals surface area (Å²) in [5, 5.41) is 9.65. The van der Waals surface area contributed by atoms with E-state index in [0.717, 1.165) is 12.8 Å². The number of phenolic OH excluding ortho intramolecular Hbond substituents is 1. The average molecular weight is 222 g/mol. The molecule has 0 unspecified atom stereocenters. The van der Waals surface area contributed by atoms with Crippen molar-refractivity contribution in [2.24, 2.45) is 0 Å². The molecule has 0 bridgehead atoms. The van der Waals surface area contributed by atoms with E-state index >= 15 is 0 Å². The number of methoxy groups -OCH3 is 1. The summed E-state index contributed by atoms with van der Waals surface area (Å²) in [4.78, 5) is 11.8. The zero-order valence-electron chi connectivity index (χ0n) is 10.0. The fraction of sp³-hybridized carbons (Fsp3) is 0.462. The van der Waals surface area contributed by atoms with E-state index < -0.39 is 0 Å². The molecule has 0 aliphatic heterocycles. The van der Waals surface area contributed by atoms with Crippen LogP contribution >= 0.6 is 0 Å². The van der Waals surface area contributed by atoms with Crippen LogP contribution in [0.5, 0.6) is 11.5 Å². The van der Waals surface area contributed by atoms with Gasteiger partial charge in [-0.15, -0.1) is 0 Å². The van der Waals surface area contributed by atoms with Crippen LogP contribution in [-0.4, -0.2) is 18.0 Å². The molecule has 0 saturated carbocycles. The van der Waals surface area contributed by atoms with Crippen molar-refractivity contribution in [1.29, 1.82) is 0 Å². The molecule has 3 heteroatoms. The van der Waals surface area contributed by atoms with Crippen molar-refractivity contribution in [3.63, 3.8) is 0 Å². The lowest BCUT2D eigenvalue weighted by atomic mass is 10.0. The second kappa shape index (κ2) is 5.54. The van der Waals surface area contributed by atoms with Gasteiger partial charge in [-0.25, -0.2) is 0 Å². The molecule has 0 fully saturated rings. The second-order valence-corrected chi connectivity index (χ2v) is 3.85. The molecule has 88 valence electrons. The Labute approximate surface area is 96.1 Å². The fourth-order valence-corrected chi connectivity index (χ4v) is 1.53. The molecular weight excluding hydrogens is 204 g/mol. The van der Waals surface area contributed by atoms with Gasteiger partial charge in [0.15, 0.2) is 5.78 Å². The highest BCUT2D eigenvalue weighted by molar-refractivity contribution is 5.97. The number of hydrogen-bond donors (Lipinski definition) is 1. The maximum absolute atomic E-state index is 11.8. The highest BCUT2D eigenvalue weighted by atomic mass is 16.5. The summed E-state index contributed by atoms with van der Waals surface area (Å²) in [5.74, 6) is 0.717. The maximum atomic E-state index is 11.8. The first-order chi connectivity index (χ1) is 7.60. The third kappa shape index (κ3) is 2.75. The molecule has 1 N–H and O–H groups in total. The Kier molecular flexibility index (Phi) is 4.35. The lowest BCUT2D eigenvalue weighted by Crippen LogP contribution is -2.00. The van der Waals surface area contributed by atoms with Gasteiger partial charge in [0.2, 0.25) is 0 Å². The molecule has 0 saturated heterocycles. The molecule has 0 radical (unpaired) electrons. The number of ketones is 1. The van der Waals surface area contributed by atoms with Crippen molar-refractivity contribution in [3.8, 4) is 11.5 Å². The Morgan fingerprint density at radius 2 is 2.12 bits per heavy atom. The minimum atomic E-state index is 0.0513. The maximum Gasteiger partial charge on any atom is 0.163 e. The van der Waals surface area contributed by atoms with Crippen LogP contribution in [-0.2, 0) is 0 Å². The van der Waals surface area contributed by atoms with Crippen LogP contribution in [0.3, 0.4) is 0 Å². The van der Waals surface area contributed by atoms with Gasteiger partial charge in [-0.2, -0.15) is 0 Å². The Hall–Kier alpha value is -1.51. The third-order valence-electron chi connectivity index (χ3n) is 2.63. The van der Waals surface area contributed by atoms with Gasteiger partial charge in [0.05, 0.1) is 7.11 Å². The first-order valence-corrected chi connectivity index (χ1v) is 5.51. The third-order valence-corrected chi connectivity index (χ3v) is 2.63. The molecule has 0 spiro atoms. The van der Waals surface area contributed by atoms with Crippen molar-refractivity contribution in [3.05, 3.63) is 23.3 Å². The van der Waals surface area contributed by atoms with E-state index in [0.29, 0.717) is 23.3 Å².